The molecule has 1 heterocycles. The van der Waals surface area contributed by atoms with E-state index in [-0.39, 0.29) is 0 Å². The van der Waals surface area contributed by atoms with Crippen LogP contribution in [0.5, 0.6) is 0 Å². The Labute approximate surface area is 236 Å². The molecule has 8 aromatic carbocycles. The fourth-order valence-electron chi connectivity index (χ4n) is 6.71. The standard InChI is InChI=1S/C40H24O/c1-2-10-26-23-39-37(22-25(26)9-1)35-20-19-29(24-38(35)41-39)30-15-7-17-34-33(30)16-8-18-36(34)40-31-13-5-3-11-27(31)21-28-12-4-6-14-32(28)40/h1-24H. The summed E-state index contributed by atoms with van der Waals surface area (Å²) in [7, 11) is 0. The van der Waals surface area contributed by atoms with Crippen LogP contribution in [0, 0.1) is 0 Å². The molecule has 0 saturated heterocycles. The molecule has 0 aliphatic rings. The van der Waals surface area contributed by atoms with Crippen molar-refractivity contribution in [2.45, 2.75) is 0 Å². The van der Waals surface area contributed by atoms with E-state index in [0.29, 0.717) is 0 Å². The van der Waals surface area contributed by atoms with Crippen molar-refractivity contribution in [1.29, 1.82) is 0 Å². The van der Waals surface area contributed by atoms with Crippen LogP contribution in [0.25, 0.3) is 87.3 Å². The predicted molar refractivity (Wildman–Crippen MR) is 175 cm³/mol. The third-order valence-corrected chi connectivity index (χ3v) is 8.61. The minimum atomic E-state index is 0.918. The maximum absolute atomic E-state index is 6.42. The molecule has 1 aromatic heterocycles. The zero-order chi connectivity index (χ0) is 26.9. The maximum Gasteiger partial charge on any atom is 0.136 e. The molecule has 9 rings (SSSR count). The SMILES string of the molecule is c1ccc2cc3c(cc2c1)oc1cc(-c2cccc4c(-c5c6ccccc6cc6ccccc56)cccc24)ccc13. The normalized spacial score (nSPS) is 11.9. The quantitative estimate of drug-likeness (QED) is 0.207. The Bertz CT molecular complexity index is 2420. The first-order valence-electron chi connectivity index (χ1n) is 14.1. The van der Waals surface area contributed by atoms with Crippen molar-refractivity contribution >= 4 is 65.0 Å². The second-order valence-electron chi connectivity index (χ2n) is 10.9. The summed E-state index contributed by atoms with van der Waals surface area (Å²) in [5, 5.41) is 12.3. The first-order chi connectivity index (χ1) is 20.3. The van der Waals surface area contributed by atoms with E-state index >= 15 is 0 Å². The molecule has 190 valence electrons. The van der Waals surface area contributed by atoms with E-state index in [1.807, 2.05) is 0 Å². The van der Waals surface area contributed by atoms with Gasteiger partial charge in [0.05, 0.1) is 0 Å². The van der Waals surface area contributed by atoms with Crippen molar-refractivity contribution in [2.24, 2.45) is 0 Å². The average molecular weight is 521 g/mol. The van der Waals surface area contributed by atoms with Gasteiger partial charge in [-0.25, -0.2) is 0 Å². The van der Waals surface area contributed by atoms with Gasteiger partial charge >= 0.3 is 0 Å². The second kappa shape index (κ2) is 8.55. The molecule has 1 nitrogen and oxygen atoms in total. The number of hydrogen-bond acceptors (Lipinski definition) is 1. The van der Waals surface area contributed by atoms with Crippen molar-refractivity contribution in [3.63, 3.8) is 0 Å². The van der Waals surface area contributed by atoms with Gasteiger partial charge in [-0.3, -0.25) is 0 Å². The van der Waals surface area contributed by atoms with Crippen LogP contribution in [0.3, 0.4) is 0 Å². The van der Waals surface area contributed by atoms with Gasteiger partial charge in [-0.1, -0.05) is 115 Å². The van der Waals surface area contributed by atoms with Crippen LogP contribution in [0.2, 0.25) is 0 Å². The van der Waals surface area contributed by atoms with Crippen LogP contribution in [-0.2, 0) is 0 Å². The van der Waals surface area contributed by atoms with Crippen molar-refractivity contribution in [1.82, 2.24) is 0 Å². The van der Waals surface area contributed by atoms with E-state index in [2.05, 4.69) is 146 Å². The molecule has 41 heavy (non-hydrogen) atoms. The molecule has 0 aliphatic carbocycles. The molecule has 9 aromatic rings. The fourth-order valence-corrected chi connectivity index (χ4v) is 6.71. The van der Waals surface area contributed by atoms with Gasteiger partial charge in [0, 0.05) is 10.8 Å². The summed E-state index contributed by atoms with van der Waals surface area (Å²) < 4.78 is 6.42. The Morgan fingerprint density at radius 3 is 1.61 bits per heavy atom. The molecule has 0 atom stereocenters. The molecule has 0 radical (unpaired) electrons. The molecule has 0 spiro atoms. The highest BCUT2D eigenvalue weighted by Gasteiger charge is 2.15. The smallest absolute Gasteiger partial charge is 0.136 e. The lowest BCUT2D eigenvalue weighted by Gasteiger charge is -2.16. The summed E-state index contributed by atoms with van der Waals surface area (Å²) in [4.78, 5) is 0. The third-order valence-electron chi connectivity index (χ3n) is 8.61. The van der Waals surface area contributed by atoms with Gasteiger partial charge in [0.15, 0.2) is 0 Å². The van der Waals surface area contributed by atoms with Gasteiger partial charge in [0.1, 0.15) is 11.2 Å². The summed E-state index contributed by atoms with van der Waals surface area (Å²) in [5.74, 6) is 0. The van der Waals surface area contributed by atoms with E-state index < -0.39 is 0 Å². The Kier molecular flexibility index (Phi) is 4.67. The number of rotatable bonds is 2. The minimum Gasteiger partial charge on any atom is -0.456 e. The Hall–Kier alpha value is -5.40. The van der Waals surface area contributed by atoms with Crippen molar-refractivity contribution in [3.05, 3.63) is 146 Å². The Morgan fingerprint density at radius 2 is 0.878 bits per heavy atom. The molecule has 0 fully saturated rings. The van der Waals surface area contributed by atoms with Crippen molar-refractivity contribution in [2.75, 3.05) is 0 Å². The molecule has 0 saturated carbocycles. The van der Waals surface area contributed by atoms with E-state index in [4.69, 9.17) is 4.42 Å². The molecule has 0 amide bonds. The van der Waals surface area contributed by atoms with E-state index in [1.165, 1.54) is 59.8 Å². The van der Waals surface area contributed by atoms with Gasteiger partial charge < -0.3 is 4.42 Å². The molecular formula is C40H24O. The number of fused-ring (bicyclic) bond motifs is 7. The zero-order valence-electron chi connectivity index (χ0n) is 22.3. The summed E-state index contributed by atoms with van der Waals surface area (Å²) in [6, 6.07) is 52.7. The van der Waals surface area contributed by atoms with Crippen LogP contribution in [0.15, 0.2) is 150 Å². The van der Waals surface area contributed by atoms with Crippen molar-refractivity contribution in [3.8, 4) is 22.3 Å². The third kappa shape index (κ3) is 3.36. The first kappa shape index (κ1) is 22.4. The van der Waals surface area contributed by atoms with Gasteiger partial charge in [0.2, 0.25) is 0 Å². The summed E-state index contributed by atoms with van der Waals surface area (Å²) in [6.45, 7) is 0. The second-order valence-corrected chi connectivity index (χ2v) is 10.9. The molecule has 0 bridgehead atoms. The lowest BCUT2D eigenvalue weighted by molar-refractivity contribution is 0.669. The van der Waals surface area contributed by atoms with Gasteiger partial charge in [-0.05, 0) is 95.7 Å². The number of furan rings is 1. The maximum atomic E-state index is 6.42. The summed E-state index contributed by atoms with van der Waals surface area (Å²) >= 11 is 0. The first-order valence-corrected chi connectivity index (χ1v) is 14.1. The van der Waals surface area contributed by atoms with Gasteiger partial charge in [-0.2, -0.15) is 0 Å². The van der Waals surface area contributed by atoms with Crippen LogP contribution >= 0.6 is 0 Å². The summed E-state index contributed by atoms with van der Waals surface area (Å²) in [5.41, 5.74) is 6.77. The largest absolute Gasteiger partial charge is 0.456 e. The van der Waals surface area contributed by atoms with E-state index in [0.717, 1.165) is 27.5 Å². The highest BCUT2D eigenvalue weighted by atomic mass is 16.3. The van der Waals surface area contributed by atoms with Crippen LogP contribution < -0.4 is 0 Å². The average Bonchev–Trinajstić information content (AvgIpc) is 3.38. The lowest BCUT2D eigenvalue weighted by atomic mass is 9.88. The minimum absolute atomic E-state index is 0.918. The molecule has 0 N–H and O–H groups in total. The van der Waals surface area contributed by atoms with E-state index in [1.54, 1.807) is 0 Å². The van der Waals surface area contributed by atoms with Crippen LogP contribution in [0.4, 0.5) is 0 Å². The van der Waals surface area contributed by atoms with Gasteiger partial charge in [-0.15, -0.1) is 0 Å². The highest BCUT2D eigenvalue weighted by Crippen LogP contribution is 2.42. The molecule has 0 aliphatic heterocycles. The zero-order valence-corrected chi connectivity index (χ0v) is 22.3. The van der Waals surface area contributed by atoms with Crippen LogP contribution in [-0.4, -0.2) is 0 Å². The summed E-state index contributed by atoms with van der Waals surface area (Å²) in [6.07, 6.45) is 0. The molecular weight excluding hydrogens is 496 g/mol. The van der Waals surface area contributed by atoms with E-state index in [9.17, 15) is 0 Å². The topological polar surface area (TPSA) is 13.1 Å². The van der Waals surface area contributed by atoms with Crippen LogP contribution in [0.1, 0.15) is 0 Å². The monoisotopic (exact) mass is 520 g/mol. The number of benzene rings is 8. The number of hydrogen-bond donors (Lipinski definition) is 0. The van der Waals surface area contributed by atoms with Gasteiger partial charge in [0.25, 0.3) is 0 Å². The predicted octanol–water partition coefficient (Wildman–Crippen LogP) is 11.5. The highest BCUT2D eigenvalue weighted by molar-refractivity contribution is 6.18. The Morgan fingerprint density at radius 1 is 0.317 bits per heavy atom. The Balaban J connectivity index is 1.29. The molecule has 1 heteroatoms. The van der Waals surface area contributed by atoms with Crippen molar-refractivity contribution < 1.29 is 4.42 Å². The lowest BCUT2D eigenvalue weighted by Crippen LogP contribution is -1.89. The molecule has 0 unspecified atom stereocenters. The fraction of sp³-hybridized carbons (Fsp3) is 0.